The molecule has 0 aliphatic heterocycles. The van der Waals surface area contributed by atoms with Gasteiger partial charge in [0, 0.05) is 15.6 Å². The molecule has 0 saturated carbocycles. The van der Waals surface area contributed by atoms with Crippen LogP contribution >= 0.6 is 23.2 Å². The number of carbonyl (C=O) groups excluding carboxylic acids is 1. The Kier molecular flexibility index (Phi) is 5.69. The molecule has 5 heteroatoms. The average Bonchev–Trinajstić information content (AvgIpc) is 2.47. The van der Waals surface area contributed by atoms with E-state index in [1.54, 1.807) is 18.2 Å². The first kappa shape index (κ1) is 16.7. The predicted molar refractivity (Wildman–Crippen MR) is 87.7 cm³/mol. The molecule has 0 radical (unpaired) electrons. The smallest absolute Gasteiger partial charge is 0.344 e. The van der Waals surface area contributed by atoms with Crippen LogP contribution in [-0.4, -0.2) is 12.6 Å². The van der Waals surface area contributed by atoms with Gasteiger partial charge in [-0.3, -0.25) is 0 Å². The van der Waals surface area contributed by atoms with Crippen LogP contribution in [0.4, 0.5) is 0 Å². The number of carbonyl (C=O) groups is 1. The molecule has 0 aliphatic carbocycles. The maximum atomic E-state index is 11.7. The van der Waals surface area contributed by atoms with E-state index in [-0.39, 0.29) is 13.2 Å². The number of esters is 1. The summed E-state index contributed by atoms with van der Waals surface area (Å²) < 4.78 is 10.6. The van der Waals surface area contributed by atoms with Crippen LogP contribution in [0.15, 0.2) is 36.4 Å². The molecule has 22 heavy (non-hydrogen) atoms. The molecule has 0 fully saturated rings. The molecule has 116 valence electrons. The maximum Gasteiger partial charge on any atom is 0.344 e. The van der Waals surface area contributed by atoms with Gasteiger partial charge in [-0.2, -0.15) is 0 Å². The van der Waals surface area contributed by atoms with E-state index >= 15 is 0 Å². The third kappa shape index (κ3) is 4.65. The first-order valence-corrected chi connectivity index (χ1v) is 7.51. The minimum atomic E-state index is -0.452. The van der Waals surface area contributed by atoms with Crippen molar-refractivity contribution < 1.29 is 14.3 Å². The molecule has 0 aromatic heterocycles. The lowest BCUT2D eigenvalue weighted by molar-refractivity contribution is -0.147. The number of hydrogen-bond acceptors (Lipinski definition) is 3. The van der Waals surface area contributed by atoms with Crippen molar-refractivity contribution in [2.75, 3.05) is 6.61 Å². The number of rotatable bonds is 5. The summed E-state index contributed by atoms with van der Waals surface area (Å²) in [7, 11) is 0. The molecule has 2 aromatic rings. The zero-order chi connectivity index (χ0) is 16.1. The standard InChI is InChI=1S/C17H16Cl2O3/c1-11-3-4-12(2)16(7-11)21-10-17(20)22-9-13-5-6-14(18)8-15(13)19/h3-8H,9-10H2,1-2H3. The van der Waals surface area contributed by atoms with E-state index in [1.807, 2.05) is 32.0 Å². The normalized spacial score (nSPS) is 10.4. The van der Waals surface area contributed by atoms with Gasteiger partial charge < -0.3 is 9.47 Å². The Hall–Kier alpha value is -1.71. The highest BCUT2D eigenvalue weighted by molar-refractivity contribution is 6.35. The van der Waals surface area contributed by atoms with Crippen molar-refractivity contribution in [1.29, 1.82) is 0 Å². The average molecular weight is 339 g/mol. The summed E-state index contributed by atoms with van der Waals surface area (Å²) in [5.41, 5.74) is 2.74. The van der Waals surface area contributed by atoms with Gasteiger partial charge in [0.2, 0.25) is 0 Å². The lowest BCUT2D eigenvalue weighted by Crippen LogP contribution is -2.15. The van der Waals surface area contributed by atoms with Crippen molar-refractivity contribution in [1.82, 2.24) is 0 Å². The second kappa shape index (κ2) is 7.52. The second-order valence-corrected chi connectivity index (χ2v) is 5.80. The summed E-state index contributed by atoms with van der Waals surface area (Å²) in [5, 5.41) is 1.01. The zero-order valence-electron chi connectivity index (χ0n) is 12.4. The Labute approximate surface area is 139 Å². The molecule has 0 aliphatic rings. The van der Waals surface area contributed by atoms with Crippen molar-refractivity contribution in [3.63, 3.8) is 0 Å². The Morgan fingerprint density at radius 3 is 2.59 bits per heavy atom. The lowest BCUT2D eigenvalue weighted by Gasteiger charge is -2.10. The minimum Gasteiger partial charge on any atom is -0.482 e. The van der Waals surface area contributed by atoms with Crippen molar-refractivity contribution in [2.24, 2.45) is 0 Å². The molecule has 0 bridgehead atoms. The first-order chi connectivity index (χ1) is 10.5. The molecule has 0 heterocycles. The number of aryl methyl sites for hydroxylation is 2. The second-order valence-electron chi connectivity index (χ2n) is 4.95. The molecule has 0 atom stereocenters. The van der Waals surface area contributed by atoms with Crippen LogP contribution < -0.4 is 4.74 Å². The van der Waals surface area contributed by atoms with E-state index in [0.29, 0.717) is 21.4 Å². The fraction of sp³-hybridized carbons (Fsp3) is 0.235. The number of benzene rings is 2. The molecule has 0 spiro atoms. The number of hydrogen-bond donors (Lipinski definition) is 0. The largest absolute Gasteiger partial charge is 0.482 e. The number of ether oxygens (including phenoxy) is 2. The fourth-order valence-corrected chi connectivity index (χ4v) is 2.30. The van der Waals surface area contributed by atoms with E-state index in [2.05, 4.69) is 0 Å². The van der Waals surface area contributed by atoms with Crippen molar-refractivity contribution >= 4 is 29.2 Å². The Morgan fingerprint density at radius 1 is 1.09 bits per heavy atom. The third-order valence-corrected chi connectivity index (χ3v) is 3.68. The van der Waals surface area contributed by atoms with Crippen molar-refractivity contribution in [2.45, 2.75) is 20.5 Å². The van der Waals surface area contributed by atoms with Gasteiger partial charge in [-0.05, 0) is 43.2 Å². The molecule has 2 aromatic carbocycles. The first-order valence-electron chi connectivity index (χ1n) is 6.75. The zero-order valence-corrected chi connectivity index (χ0v) is 13.9. The summed E-state index contributed by atoms with van der Waals surface area (Å²) in [5.74, 6) is 0.230. The fourth-order valence-electron chi connectivity index (χ4n) is 1.84. The van der Waals surface area contributed by atoms with Gasteiger partial charge in [0.05, 0.1) is 0 Å². The molecule has 0 N–H and O–H groups in total. The maximum absolute atomic E-state index is 11.7. The minimum absolute atomic E-state index is 0.0883. The Morgan fingerprint density at radius 2 is 1.86 bits per heavy atom. The molecule has 0 saturated heterocycles. The SMILES string of the molecule is Cc1ccc(C)c(OCC(=O)OCc2ccc(Cl)cc2Cl)c1. The highest BCUT2D eigenvalue weighted by Gasteiger charge is 2.08. The van der Waals surface area contributed by atoms with E-state index < -0.39 is 5.97 Å². The van der Waals surface area contributed by atoms with Gasteiger partial charge >= 0.3 is 5.97 Å². The lowest BCUT2D eigenvalue weighted by atomic mass is 10.1. The summed E-state index contributed by atoms with van der Waals surface area (Å²) >= 11 is 11.8. The van der Waals surface area contributed by atoms with Crippen LogP contribution in [0.5, 0.6) is 5.75 Å². The van der Waals surface area contributed by atoms with Gasteiger partial charge in [0.15, 0.2) is 6.61 Å². The van der Waals surface area contributed by atoms with Crippen molar-refractivity contribution in [3.8, 4) is 5.75 Å². The van der Waals surface area contributed by atoms with Gasteiger partial charge in [-0.1, -0.05) is 41.4 Å². The van der Waals surface area contributed by atoms with Crippen LogP contribution in [0.1, 0.15) is 16.7 Å². The monoisotopic (exact) mass is 338 g/mol. The van der Waals surface area contributed by atoms with Gasteiger partial charge in [-0.25, -0.2) is 4.79 Å². The highest BCUT2D eigenvalue weighted by atomic mass is 35.5. The van der Waals surface area contributed by atoms with E-state index in [0.717, 1.165) is 11.1 Å². The highest BCUT2D eigenvalue weighted by Crippen LogP contribution is 2.22. The predicted octanol–water partition coefficient (Wildman–Crippen LogP) is 4.73. The van der Waals surface area contributed by atoms with Gasteiger partial charge in [0.1, 0.15) is 12.4 Å². The topological polar surface area (TPSA) is 35.5 Å². The Balaban J connectivity index is 1.87. The summed E-state index contributed by atoms with van der Waals surface area (Å²) in [6, 6.07) is 10.9. The van der Waals surface area contributed by atoms with Gasteiger partial charge in [-0.15, -0.1) is 0 Å². The summed E-state index contributed by atoms with van der Waals surface area (Å²) in [6.45, 7) is 3.83. The molecule has 0 unspecified atom stereocenters. The molecule has 0 amide bonds. The summed E-state index contributed by atoms with van der Waals surface area (Å²) in [4.78, 5) is 11.7. The van der Waals surface area contributed by atoms with E-state index in [9.17, 15) is 4.79 Å². The van der Waals surface area contributed by atoms with E-state index in [1.165, 1.54) is 0 Å². The van der Waals surface area contributed by atoms with Crippen LogP contribution in [0.2, 0.25) is 10.0 Å². The quantitative estimate of drug-likeness (QED) is 0.739. The molecular weight excluding hydrogens is 323 g/mol. The molecule has 2 rings (SSSR count). The Bertz CT molecular complexity index is 684. The van der Waals surface area contributed by atoms with Gasteiger partial charge in [0.25, 0.3) is 0 Å². The van der Waals surface area contributed by atoms with Crippen LogP contribution in [0, 0.1) is 13.8 Å². The van der Waals surface area contributed by atoms with Crippen LogP contribution in [-0.2, 0) is 16.1 Å². The van der Waals surface area contributed by atoms with E-state index in [4.69, 9.17) is 32.7 Å². The third-order valence-electron chi connectivity index (χ3n) is 3.09. The molecular formula is C17H16Cl2O3. The van der Waals surface area contributed by atoms with Crippen molar-refractivity contribution in [3.05, 3.63) is 63.1 Å². The van der Waals surface area contributed by atoms with Crippen LogP contribution in [0.3, 0.4) is 0 Å². The van der Waals surface area contributed by atoms with Crippen LogP contribution in [0.25, 0.3) is 0 Å². The number of halogens is 2. The summed E-state index contributed by atoms with van der Waals surface area (Å²) in [6.07, 6.45) is 0. The molecule has 3 nitrogen and oxygen atoms in total.